The maximum atomic E-state index is 5.49. The highest BCUT2D eigenvalue weighted by Gasteiger charge is 1.91. The van der Waals surface area contributed by atoms with Crippen LogP contribution in [0.1, 0.15) is 0 Å². The van der Waals surface area contributed by atoms with Crippen molar-refractivity contribution in [3.05, 3.63) is 30.3 Å². The predicted molar refractivity (Wildman–Crippen MR) is 58.3 cm³/mol. The van der Waals surface area contributed by atoms with Gasteiger partial charge in [0, 0.05) is 18.1 Å². The molecule has 0 aliphatic rings. The van der Waals surface area contributed by atoms with E-state index in [1.54, 1.807) is 0 Å². The minimum absolute atomic E-state index is 0.746. The lowest BCUT2D eigenvalue weighted by Gasteiger charge is -2.04. The molecule has 2 nitrogen and oxygen atoms in total. The van der Waals surface area contributed by atoms with E-state index in [0.717, 1.165) is 30.4 Å². The fourth-order valence-electron chi connectivity index (χ4n) is 0.921. The van der Waals surface area contributed by atoms with Crippen LogP contribution in [-0.2, 0) is 0 Å². The highest BCUT2D eigenvalue weighted by molar-refractivity contribution is 7.99. The lowest BCUT2D eigenvalue weighted by molar-refractivity contribution is 0.344. The fourth-order valence-corrected chi connectivity index (χ4v) is 1.49. The average Bonchev–Trinajstić information content (AvgIpc) is 2.19. The van der Waals surface area contributed by atoms with Crippen LogP contribution in [-0.4, -0.2) is 24.7 Å². The SMILES string of the molecule is NCCSCCOc1ccccc1. The molecular formula is C10H15NOS. The molecule has 0 bridgehead atoms. The Kier molecular flexibility index (Phi) is 5.45. The first-order valence-electron chi connectivity index (χ1n) is 4.39. The number of hydrogen-bond acceptors (Lipinski definition) is 3. The van der Waals surface area contributed by atoms with Gasteiger partial charge >= 0.3 is 0 Å². The topological polar surface area (TPSA) is 35.2 Å². The molecule has 0 spiro atoms. The molecule has 72 valence electrons. The number of para-hydroxylation sites is 1. The molecule has 1 aromatic rings. The van der Waals surface area contributed by atoms with Crippen molar-refractivity contribution in [2.24, 2.45) is 5.73 Å². The molecule has 0 fully saturated rings. The summed E-state index contributed by atoms with van der Waals surface area (Å²) in [5.74, 6) is 2.96. The second-order valence-electron chi connectivity index (χ2n) is 2.56. The lowest BCUT2D eigenvalue weighted by atomic mass is 10.3. The van der Waals surface area contributed by atoms with E-state index >= 15 is 0 Å². The van der Waals surface area contributed by atoms with Crippen LogP contribution in [0, 0.1) is 0 Å². The molecule has 0 saturated carbocycles. The summed E-state index contributed by atoms with van der Waals surface area (Å²) in [6.07, 6.45) is 0. The maximum Gasteiger partial charge on any atom is 0.119 e. The van der Waals surface area contributed by atoms with Crippen molar-refractivity contribution < 1.29 is 4.74 Å². The van der Waals surface area contributed by atoms with Gasteiger partial charge in [-0.15, -0.1) is 0 Å². The summed E-state index contributed by atoms with van der Waals surface area (Å²) < 4.78 is 5.49. The van der Waals surface area contributed by atoms with Gasteiger partial charge in [0.15, 0.2) is 0 Å². The van der Waals surface area contributed by atoms with Crippen LogP contribution in [0.3, 0.4) is 0 Å². The minimum atomic E-state index is 0.746. The molecule has 3 heteroatoms. The van der Waals surface area contributed by atoms with Gasteiger partial charge < -0.3 is 10.5 Å². The molecule has 0 aliphatic carbocycles. The van der Waals surface area contributed by atoms with Crippen molar-refractivity contribution in [1.29, 1.82) is 0 Å². The van der Waals surface area contributed by atoms with Gasteiger partial charge in [0.1, 0.15) is 5.75 Å². The molecule has 0 aliphatic heterocycles. The first-order valence-corrected chi connectivity index (χ1v) is 5.54. The van der Waals surface area contributed by atoms with Gasteiger partial charge in [0.25, 0.3) is 0 Å². The van der Waals surface area contributed by atoms with Crippen molar-refractivity contribution in [2.75, 3.05) is 24.7 Å². The highest BCUT2D eigenvalue weighted by atomic mass is 32.2. The lowest BCUT2D eigenvalue weighted by Crippen LogP contribution is -2.05. The summed E-state index contributed by atoms with van der Waals surface area (Å²) in [5.41, 5.74) is 5.36. The van der Waals surface area contributed by atoms with E-state index in [4.69, 9.17) is 10.5 Å². The van der Waals surface area contributed by atoms with Gasteiger partial charge in [-0.05, 0) is 12.1 Å². The van der Waals surface area contributed by atoms with Crippen LogP contribution in [0.4, 0.5) is 0 Å². The van der Waals surface area contributed by atoms with Crippen LogP contribution in [0.15, 0.2) is 30.3 Å². The predicted octanol–water partition coefficient (Wildman–Crippen LogP) is 1.76. The zero-order valence-corrected chi connectivity index (χ0v) is 8.43. The molecule has 1 rings (SSSR count). The number of hydrogen-bond donors (Lipinski definition) is 1. The van der Waals surface area contributed by atoms with E-state index in [-0.39, 0.29) is 0 Å². The van der Waals surface area contributed by atoms with Crippen LogP contribution < -0.4 is 10.5 Å². The summed E-state index contributed by atoms with van der Waals surface area (Å²) in [6.45, 7) is 1.50. The number of nitrogens with two attached hydrogens (primary N) is 1. The maximum absolute atomic E-state index is 5.49. The monoisotopic (exact) mass is 197 g/mol. The van der Waals surface area contributed by atoms with Gasteiger partial charge in [-0.2, -0.15) is 11.8 Å². The Labute approximate surface area is 83.5 Å². The number of benzene rings is 1. The van der Waals surface area contributed by atoms with Gasteiger partial charge in [-0.25, -0.2) is 0 Å². The van der Waals surface area contributed by atoms with Gasteiger partial charge in [-0.1, -0.05) is 18.2 Å². The Morgan fingerprint density at radius 2 is 1.92 bits per heavy atom. The van der Waals surface area contributed by atoms with Crippen LogP contribution in [0.5, 0.6) is 5.75 Å². The molecule has 0 heterocycles. The number of rotatable bonds is 6. The third-order valence-electron chi connectivity index (χ3n) is 1.50. The van der Waals surface area contributed by atoms with E-state index in [9.17, 15) is 0 Å². The smallest absolute Gasteiger partial charge is 0.119 e. The number of thioether (sulfide) groups is 1. The fraction of sp³-hybridized carbons (Fsp3) is 0.400. The van der Waals surface area contributed by atoms with Gasteiger partial charge in [0.05, 0.1) is 6.61 Å². The highest BCUT2D eigenvalue weighted by Crippen LogP contribution is 2.08. The zero-order valence-electron chi connectivity index (χ0n) is 7.61. The first kappa shape index (κ1) is 10.4. The Morgan fingerprint density at radius 3 is 2.62 bits per heavy atom. The standard InChI is InChI=1S/C10H15NOS/c11-6-8-13-9-7-12-10-4-2-1-3-5-10/h1-5H,6-9,11H2. The van der Waals surface area contributed by atoms with Crippen molar-refractivity contribution in [2.45, 2.75) is 0 Å². The molecule has 1 aromatic carbocycles. The Hall–Kier alpha value is -0.670. The van der Waals surface area contributed by atoms with Crippen molar-refractivity contribution in [1.82, 2.24) is 0 Å². The Morgan fingerprint density at radius 1 is 1.15 bits per heavy atom. The molecule has 0 amide bonds. The van der Waals surface area contributed by atoms with Crippen LogP contribution >= 0.6 is 11.8 Å². The molecule has 0 aromatic heterocycles. The molecule has 0 radical (unpaired) electrons. The van der Waals surface area contributed by atoms with Gasteiger partial charge in [-0.3, -0.25) is 0 Å². The van der Waals surface area contributed by atoms with Crippen molar-refractivity contribution >= 4 is 11.8 Å². The summed E-state index contributed by atoms with van der Waals surface area (Å²) in [5, 5.41) is 0. The molecule has 13 heavy (non-hydrogen) atoms. The van der Waals surface area contributed by atoms with Crippen molar-refractivity contribution in [3.8, 4) is 5.75 Å². The molecular weight excluding hydrogens is 182 g/mol. The quantitative estimate of drug-likeness (QED) is 0.706. The summed E-state index contributed by atoms with van der Waals surface area (Å²) in [7, 11) is 0. The third kappa shape index (κ3) is 4.80. The second-order valence-corrected chi connectivity index (χ2v) is 3.79. The largest absolute Gasteiger partial charge is 0.493 e. The normalized spacial score (nSPS) is 9.92. The van der Waals surface area contributed by atoms with E-state index in [1.165, 1.54) is 0 Å². The van der Waals surface area contributed by atoms with Crippen molar-refractivity contribution in [3.63, 3.8) is 0 Å². The second kappa shape index (κ2) is 6.80. The molecule has 2 N–H and O–H groups in total. The molecule has 0 saturated heterocycles. The van der Waals surface area contributed by atoms with E-state index < -0.39 is 0 Å². The zero-order chi connectivity index (χ0) is 9.36. The molecule has 0 atom stereocenters. The first-order chi connectivity index (χ1) is 6.43. The summed E-state index contributed by atoms with van der Waals surface area (Å²) >= 11 is 1.82. The van der Waals surface area contributed by atoms with Crippen LogP contribution in [0.2, 0.25) is 0 Å². The summed E-state index contributed by atoms with van der Waals surface area (Å²) in [4.78, 5) is 0. The van der Waals surface area contributed by atoms with E-state index in [2.05, 4.69) is 0 Å². The third-order valence-corrected chi connectivity index (χ3v) is 2.48. The van der Waals surface area contributed by atoms with Gasteiger partial charge in [0.2, 0.25) is 0 Å². The Balaban J connectivity index is 2.07. The van der Waals surface area contributed by atoms with E-state index in [0.29, 0.717) is 0 Å². The van der Waals surface area contributed by atoms with Crippen LogP contribution in [0.25, 0.3) is 0 Å². The minimum Gasteiger partial charge on any atom is -0.493 e. The summed E-state index contributed by atoms with van der Waals surface area (Å²) in [6, 6.07) is 9.86. The van der Waals surface area contributed by atoms with E-state index in [1.807, 2.05) is 42.1 Å². The number of ether oxygens (including phenoxy) is 1. The molecule has 0 unspecified atom stereocenters. The average molecular weight is 197 g/mol. The Bertz CT molecular complexity index is 215.